The summed E-state index contributed by atoms with van der Waals surface area (Å²) in [6.45, 7) is 2.57. The van der Waals surface area contributed by atoms with E-state index < -0.39 is 0 Å². The fraction of sp³-hybridized carbons (Fsp3) is 0.647. The molecule has 3 nitrogen and oxygen atoms in total. The maximum atomic E-state index is 6.02. The molecular weight excluding hydrogens is 248 g/mol. The molecule has 1 unspecified atom stereocenters. The van der Waals surface area contributed by atoms with Crippen LogP contribution in [0.2, 0.25) is 0 Å². The van der Waals surface area contributed by atoms with E-state index in [2.05, 4.69) is 36.2 Å². The third-order valence-corrected chi connectivity index (χ3v) is 5.05. The summed E-state index contributed by atoms with van der Waals surface area (Å²) in [7, 11) is 2.25. The first-order chi connectivity index (χ1) is 9.71. The highest BCUT2D eigenvalue weighted by molar-refractivity contribution is 5.22. The molecule has 1 atom stereocenters. The van der Waals surface area contributed by atoms with Gasteiger partial charge in [-0.05, 0) is 50.3 Å². The van der Waals surface area contributed by atoms with Crippen LogP contribution in [0.5, 0.6) is 0 Å². The minimum Gasteiger partial charge on any atom is -0.375 e. The SMILES string of the molecule is CN(Cc1ccc(CN)cc1)C1CCOC2(CCC2)C1. The lowest BCUT2D eigenvalue weighted by Gasteiger charge is -2.49. The van der Waals surface area contributed by atoms with E-state index in [-0.39, 0.29) is 5.60 Å². The number of nitrogens with two attached hydrogens (primary N) is 1. The number of rotatable bonds is 4. The Bertz CT molecular complexity index is 439. The van der Waals surface area contributed by atoms with Gasteiger partial charge in [-0.2, -0.15) is 0 Å². The van der Waals surface area contributed by atoms with E-state index in [0.29, 0.717) is 12.6 Å². The maximum Gasteiger partial charge on any atom is 0.0697 e. The lowest BCUT2D eigenvalue weighted by Crippen LogP contribution is -2.51. The van der Waals surface area contributed by atoms with E-state index in [1.807, 2.05) is 0 Å². The van der Waals surface area contributed by atoms with Gasteiger partial charge >= 0.3 is 0 Å². The van der Waals surface area contributed by atoms with Gasteiger partial charge in [0.05, 0.1) is 5.60 Å². The van der Waals surface area contributed by atoms with Gasteiger partial charge in [0, 0.05) is 25.7 Å². The van der Waals surface area contributed by atoms with Crippen LogP contribution in [-0.2, 0) is 17.8 Å². The zero-order valence-electron chi connectivity index (χ0n) is 12.5. The van der Waals surface area contributed by atoms with Crippen LogP contribution in [0.25, 0.3) is 0 Å². The molecule has 3 heteroatoms. The summed E-state index contributed by atoms with van der Waals surface area (Å²) in [5.41, 5.74) is 8.46. The maximum absolute atomic E-state index is 6.02. The molecule has 0 aromatic heterocycles. The van der Waals surface area contributed by atoms with Gasteiger partial charge in [-0.3, -0.25) is 4.90 Å². The van der Waals surface area contributed by atoms with Crippen LogP contribution in [0.15, 0.2) is 24.3 Å². The third kappa shape index (κ3) is 2.90. The lowest BCUT2D eigenvalue weighted by molar-refractivity contribution is -0.147. The van der Waals surface area contributed by atoms with Gasteiger partial charge in [0.25, 0.3) is 0 Å². The first kappa shape index (κ1) is 14.1. The van der Waals surface area contributed by atoms with Crippen LogP contribution >= 0.6 is 0 Å². The van der Waals surface area contributed by atoms with Crippen molar-refractivity contribution in [3.8, 4) is 0 Å². The van der Waals surface area contributed by atoms with E-state index in [4.69, 9.17) is 10.5 Å². The second kappa shape index (κ2) is 5.84. The fourth-order valence-electron chi connectivity index (χ4n) is 3.50. The standard InChI is InChI=1S/C17H26N2O/c1-19(13-15-5-3-14(12-18)4-6-15)16-7-10-20-17(11-16)8-2-9-17/h3-6,16H,2,7-13,18H2,1H3. The average molecular weight is 274 g/mol. The number of hydrogen-bond donors (Lipinski definition) is 1. The summed E-state index contributed by atoms with van der Waals surface area (Å²) in [5.74, 6) is 0. The number of nitrogens with zero attached hydrogens (tertiary/aromatic N) is 1. The Morgan fingerprint density at radius 2 is 1.95 bits per heavy atom. The second-order valence-electron chi connectivity index (χ2n) is 6.47. The summed E-state index contributed by atoms with van der Waals surface area (Å²) in [6.07, 6.45) is 6.26. The minimum atomic E-state index is 0.237. The van der Waals surface area contributed by atoms with Crippen LogP contribution < -0.4 is 5.73 Å². The number of benzene rings is 1. The summed E-state index contributed by atoms with van der Waals surface area (Å²) >= 11 is 0. The molecule has 1 spiro atoms. The topological polar surface area (TPSA) is 38.5 Å². The molecule has 1 saturated carbocycles. The van der Waals surface area contributed by atoms with Crippen LogP contribution in [0, 0.1) is 0 Å². The molecule has 0 amide bonds. The van der Waals surface area contributed by atoms with Gasteiger partial charge in [0.2, 0.25) is 0 Å². The van der Waals surface area contributed by atoms with Gasteiger partial charge in [-0.15, -0.1) is 0 Å². The predicted molar refractivity (Wildman–Crippen MR) is 81.4 cm³/mol. The zero-order valence-corrected chi connectivity index (χ0v) is 12.5. The van der Waals surface area contributed by atoms with Crippen molar-refractivity contribution >= 4 is 0 Å². The highest BCUT2D eigenvalue weighted by Crippen LogP contribution is 2.43. The van der Waals surface area contributed by atoms with Crippen molar-refractivity contribution < 1.29 is 4.74 Å². The first-order valence-corrected chi connectivity index (χ1v) is 7.83. The first-order valence-electron chi connectivity index (χ1n) is 7.83. The molecule has 0 bridgehead atoms. The normalized spacial score (nSPS) is 24.9. The molecule has 1 aliphatic carbocycles. The van der Waals surface area contributed by atoms with E-state index in [1.54, 1.807) is 0 Å². The summed E-state index contributed by atoms with van der Waals surface area (Å²) in [5, 5.41) is 0. The van der Waals surface area contributed by atoms with Crippen molar-refractivity contribution in [1.29, 1.82) is 0 Å². The van der Waals surface area contributed by atoms with Gasteiger partial charge in [0.15, 0.2) is 0 Å². The molecule has 0 radical (unpaired) electrons. The van der Waals surface area contributed by atoms with E-state index in [1.165, 1.54) is 43.2 Å². The Balaban J connectivity index is 1.58. The largest absolute Gasteiger partial charge is 0.375 e. The molecule has 2 N–H and O–H groups in total. The molecule has 2 fully saturated rings. The quantitative estimate of drug-likeness (QED) is 0.917. The van der Waals surface area contributed by atoms with Crippen LogP contribution in [0.1, 0.15) is 43.2 Å². The van der Waals surface area contributed by atoms with Gasteiger partial charge in [-0.1, -0.05) is 24.3 Å². The molecule has 3 rings (SSSR count). The van der Waals surface area contributed by atoms with Crippen LogP contribution in [-0.4, -0.2) is 30.2 Å². The number of ether oxygens (including phenoxy) is 1. The molecule has 1 aromatic rings. The second-order valence-corrected chi connectivity index (χ2v) is 6.47. The van der Waals surface area contributed by atoms with Crippen LogP contribution in [0.4, 0.5) is 0 Å². The Kier molecular flexibility index (Phi) is 4.11. The lowest BCUT2D eigenvalue weighted by atomic mass is 9.73. The molecule has 1 aromatic carbocycles. The van der Waals surface area contributed by atoms with Gasteiger partial charge in [0.1, 0.15) is 0 Å². The molecule has 110 valence electrons. The van der Waals surface area contributed by atoms with E-state index in [9.17, 15) is 0 Å². The summed E-state index contributed by atoms with van der Waals surface area (Å²) < 4.78 is 6.02. The van der Waals surface area contributed by atoms with Crippen molar-refractivity contribution in [1.82, 2.24) is 4.90 Å². The van der Waals surface area contributed by atoms with Crippen molar-refractivity contribution in [2.24, 2.45) is 5.73 Å². The molecule has 20 heavy (non-hydrogen) atoms. The fourth-order valence-corrected chi connectivity index (χ4v) is 3.50. The molecule has 1 aliphatic heterocycles. The third-order valence-electron chi connectivity index (χ3n) is 5.05. The van der Waals surface area contributed by atoms with Crippen LogP contribution in [0.3, 0.4) is 0 Å². The molecule has 2 aliphatic rings. The molecule has 1 heterocycles. The Hall–Kier alpha value is -0.900. The minimum absolute atomic E-state index is 0.237. The zero-order chi connectivity index (χ0) is 14.0. The summed E-state index contributed by atoms with van der Waals surface area (Å²) in [6, 6.07) is 9.35. The van der Waals surface area contributed by atoms with Crippen molar-refractivity contribution in [3.05, 3.63) is 35.4 Å². The highest BCUT2D eigenvalue weighted by atomic mass is 16.5. The highest BCUT2D eigenvalue weighted by Gasteiger charge is 2.43. The van der Waals surface area contributed by atoms with Gasteiger partial charge < -0.3 is 10.5 Å². The van der Waals surface area contributed by atoms with E-state index in [0.717, 1.165) is 13.2 Å². The smallest absolute Gasteiger partial charge is 0.0697 e. The monoisotopic (exact) mass is 274 g/mol. The van der Waals surface area contributed by atoms with Gasteiger partial charge in [-0.25, -0.2) is 0 Å². The van der Waals surface area contributed by atoms with E-state index >= 15 is 0 Å². The number of hydrogen-bond acceptors (Lipinski definition) is 3. The Labute approximate surface area is 122 Å². The predicted octanol–water partition coefficient (Wildman–Crippen LogP) is 2.68. The van der Waals surface area contributed by atoms with Crippen molar-refractivity contribution in [2.45, 2.75) is 56.8 Å². The molecule has 1 saturated heterocycles. The molecular formula is C17H26N2O. The van der Waals surface area contributed by atoms with Crippen molar-refractivity contribution in [3.63, 3.8) is 0 Å². The summed E-state index contributed by atoms with van der Waals surface area (Å²) in [4.78, 5) is 2.50. The average Bonchev–Trinajstić information content (AvgIpc) is 2.46. The Morgan fingerprint density at radius 3 is 2.55 bits per heavy atom. The van der Waals surface area contributed by atoms with Crippen molar-refractivity contribution in [2.75, 3.05) is 13.7 Å². The Morgan fingerprint density at radius 1 is 1.25 bits per heavy atom.